The second-order valence-corrected chi connectivity index (χ2v) is 6.68. The van der Waals surface area contributed by atoms with Crippen LogP contribution in [0.2, 0.25) is 0 Å². The zero-order valence-electron chi connectivity index (χ0n) is 13.5. The van der Waals surface area contributed by atoms with E-state index in [0.717, 1.165) is 36.8 Å². The van der Waals surface area contributed by atoms with Gasteiger partial charge in [-0.15, -0.1) is 0 Å². The molecule has 1 aromatic carbocycles. The standard InChI is InChI=1S/C17H22N4OS/c1-12-15(17(18-2)23-20-12)16(22)19-14-8-9-21(11-14)10-13-6-4-3-5-7-13/h3-7,14,18H,8-11H2,1-2H3,(H,19,22). The predicted octanol–water partition coefficient (Wildman–Crippen LogP) is 2.50. The van der Waals surface area contributed by atoms with E-state index in [1.165, 1.54) is 17.1 Å². The van der Waals surface area contributed by atoms with Crippen molar-refractivity contribution >= 4 is 22.4 Å². The van der Waals surface area contributed by atoms with E-state index < -0.39 is 0 Å². The van der Waals surface area contributed by atoms with E-state index in [9.17, 15) is 4.79 Å². The lowest BCUT2D eigenvalue weighted by Gasteiger charge is -2.17. The maximum Gasteiger partial charge on any atom is 0.256 e. The van der Waals surface area contributed by atoms with Crippen LogP contribution in [0.15, 0.2) is 30.3 Å². The molecule has 1 aromatic heterocycles. The van der Waals surface area contributed by atoms with Gasteiger partial charge in [0.25, 0.3) is 5.91 Å². The molecule has 1 aliphatic rings. The van der Waals surface area contributed by atoms with E-state index in [1.54, 1.807) is 0 Å². The summed E-state index contributed by atoms with van der Waals surface area (Å²) in [6.07, 6.45) is 0.990. The van der Waals surface area contributed by atoms with Crippen molar-refractivity contribution < 1.29 is 4.79 Å². The number of hydrogen-bond acceptors (Lipinski definition) is 5. The van der Waals surface area contributed by atoms with Crippen molar-refractivity contribution in [3.63, 3.8) is 0 Å². The first-order valence-corrected chi connectivity index (χ1v) is 8.66. The van der Waals surface area contributed by atoms with Crippen LogP contribution in [0.4, 0.5) is 5.00 Å². The summed E-state index contributed by atoms with van der Waals surface area (Å²) < 4.78 is 4.26. The van der Waals surface area contributed by atoms with Gasteiger partial charge in [0.05, 0.1) is 11.3 Å². The first kappa shape index (κ1) is 16.0. The summed E-state index contributed by atoms with van der Waals surface area (Å²) in [6.45, 7) is 4.72. The molecule has 1 amide bonds. The van der Waals surface area contributed by atoms with Gasteiger partial charge in [-0.05, 0) is 30.4 Å². The van der Waals surface area contributed by atoms with Gasteiger partial charge in [-0.3, -0.25) is 9.69 Å². The van der Waals surface area contributed by atoms with Gasteiger partial charge in [-0.25, -0.2) is 0 Å². The van der Waals surface area contributed by atoms with Crippen LogP contribution in [0.1, 0.15) is 28.0 Å². The molecule has 1 aliphatic heterocycles. The summed E-state index contributed by atoms with van der Waals surface area (Å²) >= 11 is 1.33. The van der Waals surface area contributed by atoms with Crippen molar-refractivity contribution in [3.05, 3.63) is 47.2 Å². The first-order chi connectivity index (χ1) is 11.2. The monoisotopic (exact) mass is 330 g/mol. The Hall–Kier alpha value is -1.92. The van der Waals surface area contributed by atoms with Crippen LogP contribution in [-0.2, 0) is 6.54 Å². The van der Waals surface area contributed by atoms with Gasteiger partial charge in [0.15, 0.2) is 0 Å². The number of nitrogens with zero attached hydrogens (tertiary/aromatic N) is 2. The van der Waals surface area contributed by atoms with E-state index in [2.05, 4.69) is 44.2 Å². The second kappa shape index (κ2) is 7.10. The molecule has 2 N–H and O–H groups in total. The largest absolute Gasteiger partial charge is 0.378 e. The number of hydrogen-bond donors (Lipinski definition) is 2. The average molecular weight is 330 g/mol. The van der Waals surface area contributed by atoms with Gasteiger partial charge < -0.3 is 10.6 Å². The molecule has 0 radical (unpaired) electrons. The number of nitrogens with one attached hydrogen (secondary N) is 2. The first-order valence-electron chi connectivity index (χ1n) is 7.88. The SMILES string of the molecule is CNc1snc(C)c1C(=O)NC1CCN(Cc2ccccc2)C1. The Balaban J connectivity index is 1.57. The number of likely N-dealkylation sites (tertiary alicyclic amines) is 1. The number of aromatic nitrogens is 1. The highest BCUT2D eigenvalue weighted by atomic mass is 32.1. The molecule has 2 aromatic rings. The lowest BCUT2D eigenvalue weighted by atomic mass is 10.2. The maximum absolute atomic E-state index is 12.5. The average Bonchev–Trinajstić information content (AvgIpc) is 3.14. The topological polar surface area (TPSA) is 57.3 Å². The molecule has 23 heavy (non-hydrogen) atoms. The van der Waals surface area contributed by atoms with Crippen molar-refractivity contribution in [2.75, 3.05) is 25.5 Å². The fourth-order valence-corrected chi connectivity index (χ4v) is 3.74. The number of carbonyl (C=O) groups is 1. The molecule has 0 saturated carbocycles. The molecule has 2 heterocycles. The van der Waals surface area contributed by atoms with Gasteiger partial charge in [-0.2, -0.15) is 4.37 Å². The molecular weight excluding hydrogens is 308 g/mol. The number of aryl methyl sites for hydroxylation is 1. The number of amides is 1. The Morgan fingerprint density at radius 3 is 2.91 bits per heavy atom. The zero-order chi connectivity index (χ0) is 16.2. The minimum atomic E-state index is -0.0211. The normalized spacial score (nSPS) is 18.1. The summed E-state index contributed by atoms with van der Waals surface area (Å²) in [4.78, 5) is 14.9. The molecule has 0 spiro atoms. The smallest absolute Gasteiger partial charge is 0.256 e. The van der Waals surface area contributed by atoms with Gasteiger partial charge >= 0.3 is 0 Å². The van der Waals surface area contributed by atoms with Crippen molar-refractivity contribution in [3.8, 4) is 0 Å². The van der Waals surface area contributed by atoms with E-state index >= 15 is 0 Å². The van der Waals surface area contributed by atoms with Crippen molar-refractivity contribution in [1.29, 1.82) is 0 Å². The van der Waals surface area contributed by atoms with Crippen LogP contribution in [0.5, 0.6) is 0 Å². The summed E-state index contributed by atoms with van der Waals surface area (Å²) in [7, 11) is 1.82. The highest BCUT2D eigenvalue weighted by Gasteiger charge is 2.26. The van der Waals surface area contributed by atoms with Crippen LogP contribution in [0.3, 0.4) is 0 Å². The number of carbonyl (C=O) groups excluding carboxylic acids is 1. The fourth-order valence-electron chi connectivity index (χ4n) is 3.00. The van der Waals surface area contributed by atoms with Crippen molar-refractivity contribution in [2.24, 2.45) is 0 Å². The Labute approximate surface area is 140 Å². The van der Waals surface area contributed by atoms with Crippen LogP contribution in [0, 0.1) is 6.92 Å². The predicted molar refractivity (Wildman–Crippen MR) is 94.0 cm³/mol. The molecule has 0 bridgehead atoms. The molecule has 5 nitrogen and oxygen atoms in total. The third kappa shape index (κ3) is 3.71. The van der Waals surface area contributed by atoms with Crippen LogP contribution >= 0.6 is 11.5 Å². The Kier molecular flexibility index (Phi) is 4.93. The molecular formula is C17H22N4OS. The third-order valence-electron chi connectivity index (χ3n) is 4.17. The van der Waals surface area contributed by atoms with Crippen LogP contribution in [-0.4, -0.2) is 41.4 Å². The summed E-state index contributed by atoms with van der Waals surface area (Å²) in [5.41, 5.74) is 2.78. The summed E-state index contributed by atoms with van der Waals surface area (Å²) in [6, 6.07) is 10.7. The zero-order valence-corrected chi connectivity index (χ0v) is 14.3. The van der Waals surface area contributed by atoms with Gasteiger partial charge in [-0.1, -0.05) is 30.3 Å². The highest BCUT2D eigenvalue weighted by Crippen LogP contribution is 2.24. The van der Waals surface area contributed by atoms with E-state index in [0.29, 0.717) is 5.56 Å². The molecule has 1 atom stereocenters. The van der Waals surface area contributed by atoms with Crippen LogP contribution in [0.25, 0.3) is 0 Å². The highest BCUT2D eigenvalue weighted by molar-refractivity contribution is 7.10. The van der Waals surface area contributed by atoms with Gasteiger partial charge in [0, 0.05) is 32.7 Å². The fraction of sp³-hybridized carbons (Fsp3) is 0.412. The molecule has 3 rings (SSSR count). The Bertz CT molecular complexity index is 670. The molecule has 6 heteroatoms. The summed E-state index contributed by atoms with van der Waals surface area (Å²) in [5.74, 6) is -0.0211. The Morgan fingerprint density at radius 1 is 1.39 bits per heavy atom. The summed E-state index contributed by atoms with van der Waals surface area (Å²) in [5, 5.41) is 7.04. The molecule has 0 aliphatic carbocycles. The molecule has 1 saturated heterocycles. The minimum absolute atomic E-state index is 0.0211. The third-order valence-corrected chi connectivity index (χ3v) is 5.13. The molecule has 1 fully saturated rings. The molecule has 122 valence electrons. The van der Waals surface area contributed by atoms with Crippen molar-refractivity contribution in [2.45, 2.75) is 25.9 Å². The van der Waals surface area contributed by atoms with Gasteiger partial charge in [0.1, 0.15) is 5.00 Å². The Morgan fingerprint density at radius 2 is 2.17 bits per heavy atom. The quantitative estimate of drug-likeness (QED) is 0.884. The number of anilines is 1. The maximum atomic E-state index is 12.5. The van der Waals surface area contributed by atoms with Crippen molar-refractivity contribution in [1.82, 2.24) is 14.6 Å². The molecule has 1 unspecified atom stereocenters. The lowest BCUT2D eigenvalue weighted by molar-refractivity contribution is 0.0938. The van der Waals surface area contributed by atoms with E-state index in [1.807, 2.05) is 20.0 Å². The van der Waals surface area contributed by atoms with Crippen LogP contribution < -0.4 is 10.6 Å². The second-order valence-electron chi connectivity index (χ2n) is 5.90. The minimum Gasteiger partial charge on any atom is -0.378 e. The number of rotatable bonds is 5. The lowest BCUT2D eigenvalue weighted by Crippen LogP contribution is -2.37. The van der Waals surface area contributed by atoms with E-state index in [-0.39, 0.29) is 11.9 Å². The van der Waals surface area contributed by atoms with E-state index in [4.69, 9.17) is 0 Å². The number of benzene rings is 1. The van der Waals surface area contributed by atoms with Gasteiger partial charge in [0.2, 0.25) is 0 Å².